The summed E-state index contributed by atoms with van der Waals surface area (Å²) in [6, 6.07) is 8.53. The van der Waals surface area contributed by atoms with Crippen molar-refractivity contribution in [2.75, 3.05) is 20.2 Å². The Morgan fingerprint density at radius 2 is 1.97 bits per heavy atom. The maximum absolute atomic E-state index is 12.9. The molecule has 8 nitrogen and oxygen atoms in total. The van der Waals surface area contributed by atoms with Crippen LogP contribution in [0, 0.1) is 6.92 Å². The molecule has 0 aliphatic carbocycles. The van der Waals surface area contributed by atoms with Gasteiger partial charge in [-0.15, -0.1) is 0 Å². The molecule has 8 heteroatoms. The monoisotopic (exact) mass is 397 g/mol. The second kappa shape index (κ2) is 7.62. The first kappa shape index (κ1) is 19.0. The lowest BCUT2D eigenvalue weighted by molar-refractivity contribution is 0.0594. The van der Waals surface area contributed by atoms with Gasteiger partial charge in [-0.05, 0) is 25.1 Å². The number of likely N-dealkylation sites (tertiary alicyclic amines) is 1. The van der Waals surface area contributed by atoms with Crippen LogP contribution in [0.2, 0.25) is 0 Å². The van der Waals surface area contributed by atoms with Crippen molar-refractivity contribution in [2.24, 2.45) is 7.05 Å². The molecule has 1 saturated heterocycles. The zero-order valence-electron chi connectivity index (χ0n) is 16.7. The molecule has 0 atom stereocenters. The van der Waals surface area contributed by atoms with Crippen LogP contribution in [0.5, 0.6) is 11.6 Å². The van der Waals surface area contributed by atoms with E-state index in [1.807, 2.05) is 24.1 Å². The molecule has 0 unspecified atom stereocenters. The number of aromatic nitrogens is 2. The maximum atomic E-state index is 12.9. The van der Waals surface area contributed by atoms with E-state index < -0.39 is 5.63 Å². The lowest BCUT2D eigenvalue weighted by Gasteiger charge is -2.32. The molecule has 1 amide bonds. The molecule has 152 valence electrons. The van der Waals surface area contributed by atoms with Crippen LogP contribution in [-0.4, -0.2) is 46.9 Å². The number of carbonyl (C=O) groups excluding carboxylic acids is 1. The van der Waals surface area contributed by atoms with Crippen LogP contribution in [0.1, 0.15) is 29.0 Å². The summed E-state index contributed by atoms with van der Waals surface area (Å²) >= 11 is 0. The summed E-state index contributed by atoms with van der Waals surface area (Å²) in [6.07, 6.45) is 1.36. The second-order valence-electron chi connectivity index (χ2n) is 7.20. The van der Waals surface area contributed by atoms with E-state index in [0.717, 1.165) is 10.9 Å². The first-order chi connectivity index (χ1) is 13.9. The van der Waals surface area contributed by atoms with Crippen molar-refractivity contribution in [3.63, 3.8) is 0 Å². The topological polar surface area (TPSA) is 86.8 Å². The van der Waals surface area contributed by atoms with Crippen molar-refractivity contribution < 1.29 is 18.7 Å². The normalized spacial score (nSPS) is 14.9. The number of rotatable bonds is 4. The highest BCUT2D eigenvalue weighted by atomic mass is 16.5. The standard InChI is InChI=1S/C21H23N3O5/c1-13-10-16(12-19(25)28-13)29-15-6-8-24(9-7-15)20(26)14-4-5-17-18(11-14)22-23(2)21(17)27-3/h4-5,10-12,15H,6-9H2,1-3H3. The van der Waals surface area contributed by atoms with Gasteiger partial charge >= 0.3 is 5.63 Å². The predicted octanol–water partition coefficient (Wildman–Crippen LogP) is 2.53. The molecule has 0 spiro atoms. The zero-order chi connectivity index (χ0) is 20.5. The molecular weight excluding hydrogens is 374 g/mol. The molecule has 4 rings (SSSR count). The number of hydrogen-bond donors (Lipinski definition) is 0. The Labute approximate surface area is 167 Å². The largest absolute Gasteiger partial charge is 0.490 e. The zero-order valence-corrected chi connectivity index (χ0v) is 16.7. The molecule has 1 aromatic carbocycles. The highest BCUT2D eigenvalue weighted by Gasteiger charge is 2.25. The Hall–Kier alpha value is -3.29. The Kier molecular flexibility index (Phi) is 5.00. The van der Waals surface area contributed by atoms with Gasteiger partial charge in [0.25, 0.3) is 5.91 Å². The Bertz CT molecular complexity index is 1110. The lowest BCUT2D eigenvalue weighted by Crippen LogP contribution is -2.41. The summed E-state index contributed by atoms with van der Waals surface area (Å²) in [5.74, 6) is 1.67. The van der Waals surface area contributed by atoms with Gasteiger partial charge in [0.1, 0.15) is 17.6 Å². The highest BCUT2D eigenvalue weighted by Crippen LogP contribution is 2.26. The number of nitrogens with zero attached hydrogens (tertiary/aromatic N) is 3. The number of amides is 1. The van der Waals surface area contributed by atoms with Crippen LogP contribution in [0.25, 0.3) is 10.9 Å². The molecule has 29 heavy (non-hydrogen) atoms. The quantitative estimate of drug-likeness (QED) is 0.672. The third-order valence-corrected chi connectivity index (χ3v) is 5.12. The summed E-state index contributed by atoms with van der Waals surface area (Å²) in [4.78, 5) is 26.2. The minimum Gasteiger partial charge on any atom is -0.490 e. The van der Waals surface area contributed by atoms with E-state index in [1.165, 1.54) is 6.07 Å². The number of aryl methyl sites for hydroxylation is 2. The van der Waals surface area contributed by atoms with E-state index in [4.69, 9.17) is 13.9 Å². The average Bonchev–Trinajstić information content (AvgIpc) is 3.01. The second-order valence-corrected chi connectivity index (χ2v) is 7.20. The number of methoxy groups -OCH3 is 1. The fourth-order valence-electron chi connectivity index (χ4n) is 3.75. The van der Waals surface area contributed by atoms with Crippen LogP contribution in [0.3, 0.4) is 0 Å². The first-order valence-corrected chi connectivity index (χ1v) is 9.53. The summed E-state index contributed by atoms with van der Waals surface area (Å²) in [7, 11) is 3.41. The van der Waals surface area contributed by atoms with Gasteiger partial charge in [-0.2, -0.15) is 5.10 Å². The molecule has 2 aromatic heterocycles. The third kappa shape index (κ3) is 3.83. The van der Waals surface area contributed by atoms with Gasteiger partial charge in [0, 0.05) is 44.6 Å². The van der Waals surface area contributed by atoms with Crippen molar-refractivity contribution in [1.82, 2.24) is 14.7 Å². The molecule has 0 saturated carbocycles. The highest BCUT2D eigenvalue weighted by molar-refractivity contribution is 5.98. The van der Waals surface area contributed by atoms with Crippen LogP contribution < -0.4 is 15.1 Å². The lowest BCUT2D eigenvalue weighted by atomic mass is 10.1. The summed E-state index contributed by atoms with van der Waals surface area (Å²) < 4.78 is 17.9. The van der Waals surface area contributed by atoms with Crippen molar-refractivity contribution >= 4 is 16.8 Å². The van der Waals surface area contributed by atoms with Gasteiger partial charge in [-0.3, -0.25) is 4.79 Å². The molecule has 3 heterocycles. The first-order valence-electron chi connectivity index (χ1n) is 9.53. The fraction of sp³-hybridized carbons (Fsp3) is 0.381. The van der Waals surface area contributed by atoms with E-state index >= 15 is 0 Å². The van der Waals surface area contributed by atoms with E-state index in [1.54, 1.807) is 30.8 Å². The SMILES string of the molecule is COc1c2ccc(C(=O)N3CCC(Oc4cc(C)oc(=O)c4)CC3)cc2nn1C. The minimum absolute atomic E-state index is 0.0221. The fourth-order valence-corrected chi connectivity index (χ4v) is 3.75. The van der Waals surface area contributed by atoms with Gasteiger partial charge in [-0.1, -0.05) is 0 Å². The summed E-state index contributed by atoms with van der Waals surface area (Å²) in [5.41, 5.74) is 0.912. The molecule has 3 aromatic rings. The van der Waals surface area contributed by atoms with E-state index in [2.05, 4.69) is 5.10 Å². The van der Waals surface area contributed by atoms with Crippen molar-refractivity contribution in [3.8, 4) is 11.6 Å². The molecule has 1 aliphatic rings. The summed E-state index contributed by atoms with van der Waals surface area (Å²) in [6.45, 7) is 2.89. The average molecular weight is 397 g/mol. The Balaban J connectivity index is 1.42. The number of hydrogen-bond acceptors (Lipinski definition) is 6. The molecule has 0 bridgehead atoms. The van der Waals surface area contributed by atoms with Gasteiger partial charge < -0.3 is 18.8 Å². The van der Waals surface area contributed by atoms with E-state index in [9.17, 15) is 9.59 Å². The van der Waals surface area contributed by atoms with Crippen LogP contribution in [0.15, 0.2) is 39.5 Å². The maximum Gasteiger partial charge on any atom is 0.339 e. The van der Waals surface area contributed by atoms with Crippen LogP contribution >= 0.6 is 0 Å². The van der Waals surface area contributed by atoms with Crippen molar-refractivity contribution in [3.05, 3.63) is 52.1 Å². The number of fused-ring (bicyclic) bond motifs is 1. The molecular formula is C21H23N3O5. The number of carbonyl (C=O) groups is 1. The van der Waals surface area contributed by atoms with Gasteiger partial charge in [-0.25, -0.2) is 9.48 Å². The number of benzene rings is 1. The van der Waals surface area contributed by atoms with Crippen molar-refractivity contribution in [2.45, 2.75) is 25.9 Å². The van der Waals surface area contributed by atoms with Crippen LogP contribution in [0.4, 0.5) is 0 Å². The van der Waals surface area contributed by atoms with E-state index in [0.29, 0.717) is 48.9 Å². The molecule has 1 fully saturated rings. The Morgan fingerprint density at radius 3 is 2.66 bits per heavy atom. The number of ether oxygens (including phenoxy) is 2. The van der Waals surface area contributed by atoms with Crippen molar-refractivity contribution in [1.29, 1.82) is 0 Å². The van der Waals surface area contributed by atoms with Gasteiger partial charge in [0.05, 0.1) is 24.1 Å². The Morgan fingerprint density at radius 1 is 1.21 bits per heavy atom. The molecule has 0 N–H and O–H groups in total. The molecule has 1 aliphatic heterocycles. The number of piperidine rings is 1. The molecule has 0 radical (unpaired) electrons. The van der Waals surface area contributed by atoms with E-state index in [-0.39, 0.29) is 12.0 Å². The predicted molar refractivity (Wildman–Crippen MR) is 107 cm³/mol. The third-order valence-electron chi connectivity index (χ3n) is 5.12. The van der Waals surface area contributed by atoms with Gasteiger partial charge in [0.2, 0.25) is 5.88 Å². The smallest absolute Gasteiger partial charge is 0.339 e. The van der Waals surface area contributed by atoms with Crippen LogP contribution in [-0.2, 0) is 7.05 Å². The van der Waals surface area contributed by atoms with Gasteiger partial charge in [0.15, 0.2) is 0 Å². The summed E-state index contributed by atoms with van der Waals surface area (Å²) in [5, 5.41) is 5.29. The minimum atomic E-state index is -0.422.